The molecular formula is C12H14N2O4S. The maximum Gasteiger partial charge on any atom is 0.261 e. The van der Waals surface area contributed by atoms with E-state index in [9.17, 15) is 18.0 Å². The molecule has 6 nitrogen and oxygen atoms in total. The zero-order valence-corrected chi connectivity index (χ0v) is 11.2. The van der Waals surface area contributed by atoms with Gasteiger partial charge in [0.15, 0.2) is 0 Å². The Balaban J connectivity index is 2.13. The van der Waals surface area contributed by atoms with Gasteiger partial charge in [-0.15, -0.1) is 0 Å². The van der Waals surface area contributed by atoms with Crippen LogP contribution < -0.4 is 4.72 Å². The van der Waals surface area contributed by atoms with Crippen LogP contribution in [0.5, 0.6) is 0 Å². The average Bonchev–Trinajstić information content (AvgIpc) is 2.61. The molecule has 19 heavy (non-hydrogen) atoms. The highest BCUT2D eigenvalue weighted by atomic mass is 32.2. The quantitative estimate of drug-likeness (QED) is 0.783. The van der Waals surface area contributed by atoms with Crippen LogP contribution >= 0.6 is 0 Å². The van der Waals surface area contributed by atoms with Crippen LogP contribution in [0.15, 0.2) is 24.3 Å². The Labute approximate surface area is 111 Å². The lowest BCUT2D eigenvalue weighted by molar-refractivity contribution is 0.0664. The van der Waals surface area contributed by atoms with Crippen LogP contribution in [0, 0.1) is 0 Å². The summed E-state index contributed by atoms with van der Waals surface area (Å²) in [5.74, 6) is -1.16. The van der Waals surface area contributed by atoms with Crippen molar-refractivity contribution in [3.8, 4) is 0 Å². The number of nitrogens with one attached hydrogen (secondary N) is 1. The summed E-state index contributed by atoms with van der Waals surface area (Å²) in [5, 5.41) is 0. The lowest BCUT2D eigenvalue weighted by Crippen LogP contribution is -2.37. The molecular weight excluding hydrogens is 268 g/mol. The second-order valence-electron chi connectivity index (χ2n) is 4.12. The summed E-state index contributed by atoms with van der Waals surface area (Å²) in [6.07, 6.45) is 0. The predicted octanol–water partition coefficient (Wildman–Crippen LogP) is 0.222. The molecule has 2 rings (SSSR count). The fourth-order valence-corrected chi connectivity index (χ4v) is 2.95. The molecule has 0 saturated heterocycles. The summed E-state index contributed by atoms with van der Waals surface area (Å²) in [5.41, 5.74) is 0.654. The number of sulfonamides is 1. The van der Waals surface area contributed by atoms with Gasteiger partial charge in [0, 0.05) is 13.1 Å². The molecule has 7 heteroatoms. The largest absolute Gasteiger partial charge is 0.273 e. The van der Waals surface area contributed by atoms with E-state index < -0.39 is 21.8 Å². The lowest BCUT2D eigenvalue weighted by atomic mass is 10.1. The minimum Gasteiger partial charge on any atom is -0.273 e. The molecule has 0 saturated carbocycles. The van der Waals surface area contributed by atoms with Gasteiger partial charge in [0.25, 0.3) is 11.8 Å². The molecule has 0 fully saturated rings. The molecule has 0 spiro atoms. The molecule has 1 aromatic carbocycles. The Morgan fingerprint density at radius 1 is 1.11 bits per heavy atom. The average molecular weight is 282 g/mol. The number of nitrogens with zero attached hydrogens (tertiary/aromatic N) is 1. The van der Waals surface area contributed by atoms with Gasteiger partial charge in [0.1, 0.15) is 0 Å². The summed E-state index contributed by atoms with van der Waals surface area (Å²) in [6, 6.07) is 6.47. The fraction of sp³-hybridized carbons (Fsp3) is 0.333. The van der Waals surface area contributed by atoms with Crippen molar-refractivity contribution >= 4 is 21.8 Å². The van der Waals surface area contributed by atoms with E-state index in [0.29, 0.717) is 11.1 Å². The van der Waals surface area contributed by atoms with Gasteiger partial charge in [0.2, 0.25) is 10.0 Å². The maximum atomic E-state index is 12.0. The van der Waals surface area contributed by atoms with Crippen LogP contribution in [0.2, 0.25) is 0 Å². The predicted molar refractivity (Wildman–Crippen MR) is 69.3 cm³/mol. The Morgan fingerprint density at radius 2 is 1.63 bits per heavy atom. The maximum absolute atomic E-state index is 12.0. The molecule has 2 amide bonds. The van der Waals surface area contributed by atoms with Crippen LogP contribution in [-0.4, -0.2) is 44.0 Å². The number of carbonyl (C=O) groups is 2. The zero-order chi connectivity index (χ0) is 14.0. The van der Waals surface area contributed by atoms with E-state index in [-0.39, 0.29) is 18.8 Å². The molecule has 0 bridgehead atoms. The zero-order valence-electron chi connectivity index (χ0n) is 10.4. The van der Waals surface area contributed by atoms with E-state index in [1.54, 1.807) is 31.2 Å². The first kappa shape index (κ1) is 13.7. The highest BCUT2D eigenvalue weighted by molar-refractivity contribution is 7.89. The number of amides is 2. The molecule has 0 atom stereocenters. The standard InChI is InChI=1S/C12H14N2O4S/c1-2-13-19(17,18)8-7-14-11(15)9-5-3-4-6-10(9)12(14)16/h3-6,13H,2,7-8H2,1H3. The molecule has 1 aliphatic rings. The summed E-state index contributed by atoms with van der Waals surface area (Å²) < 4.78 is 25.3. The molecule has 1 heterocycles. The smallest absolute Gasteiger partial charge is 0.261 e. The van der Waals surface area contributed by atoms with E-state index in [0.717, 1.165) is 4.90 Å². The van der Waals surface area contributed by atoms with Crippen molar-refractivity contribution < 1.29 is 18.0 Å². The molecule has 0 unspecified atom stereocenters. The van der Waals surface area contributed by atoms with Crippen molar-refractivity contribution in [2.75, 3.05) is 18.8 Å². The Kier molecular flexibility index (Phi) is 3.68. The van der Waals surface area contributed by atoms with Crippen molar-refractivity contribution in [3.63, 3.8) is 0 Å². The molecule has 0 aliphatic carbocycles. The fourth-order valence-electron chi connectivity index (χ4n) is 1.95. The third-order valence-corrected chi connectivity index (χ3v) is 4.27. The normalized spacial score (nSPS) is 14.9. The molecule has 0 radical (unpaired) electrons. The highest BCUT2D eigenvalue weighted by Crippen LogP contribution is 2.21. The SMILES string of the molecule is CCNS(=O)(=O)CCN1C(=O)c2ccccc2C1=O. The number of imide groups is 1. The molecule has 102 valence electrons. The van der Waals surface area contributed by atoms with Crippen LogP contribution in [0.1, 0.15) is 27.6 Å². The number of carbonyl (C=O) groups excluding carboxylic acids is 2. The van der Waals surface area contributed by atoms with Crippen LogP contribution in [-0.2, 0) is 10.0 Å². The molecule has 1 aromatic rings. The van der Waals surface area contributed by atoms with Crippen LogP contribution in [0.25, 0.3) is 0 Å². The van der Waals surface area contributed by atoms with Gasteiger partial charge in [-0.05, 0) is 12.1 Å². The van der Waals surface area contributed by atoms with Crippen molar-refractivity contribution in [2.24, 2.45) is 0 Å². The lowest BCUT2D eigenvalue weighted by Gasteiger charge is -2.13. The van der Waals surface area contributed by atoms with E-state index >= 15 is 0 Å². The third-order valence-electron chi connectivity index (χ3n) is 2.83. The third kappa shape index (κ3) is 2.66. The molecule has 0 aromatic heterocycles. The van der Waals surface area contributed by atoms with Gasteiger partial charge in [0.05, 0.1) is 16.9 Å². The highest BCUT2D eigenvalue weighted by Gasteiger charge is 2.35. The van der Waals surface area contributed by atoms with Crippen molar-refractivity contribution in [2.45, 2.75) is 6.92 Å². The van der Waals surface area contributed by atoms with Crippen molar-refractivity contribution in [1.29, 1.82) is 0 Å². The van der Waals surface area contributed by atoms with E-state index in [1.807, 2.05) is 0 Å². The van der Waals surface area contributed by atoms with E-state index in [1.165, 1.54) is 0 Å². The number of hydrogen-bond donors (Lipinski definition) is 1. The van der Waals surface area contributed by atoms with Crippen LogP contribution in [0.4, 0.5) is 0 Å². The topological polar surface area (TPSA) is 83.6 Å². The van der Waals surface area contributed by atoms with Gasteiger partial charge < -0.3 is 0 Å². The first-order chi connectivity index (χ1) is 8.96. The summed E-state index contributed by atoms with van der Waals surface area (Å²) in [4.78, 5) is 24.9. The Hall–Kier alpha value is -1.73. The second-order valence-corrected chi connectivity index (χ2v) is 6.05. The van der Waals surface area contributed by atoms with Gasteiger partial charge in [-0.2, -0.15) is 0 Å². The number of hydrogen-bond acceptors (Lipinski definition) is 4. The summed E-state index contributed by atoms with van der Waals surface area (Å²) in [6.45, 7) is 1.81. The van der Waals surface area contributed by atoms with Crippen LogP contribution in [0.3, 0.4) is 0 Å². The summed E-state index contributed by atoms with van der Waals surface area (Å²) >= 11 is 0. The first-order valence-corrected chi connectivity index (χ1v) is 7.54. The van der Waals surface area contributed by atoms with Gasteiger partial charge in [-0.25, -0.2) is 13.1 Å². The monoisotopic (exact) mass is 282 g/mol. The minimum absolute atomic E-state index is 0.137. The number of fused-ring (bicyclic) bond motifs is 1. The number of benzene rings is 1. The van der Waals surface area contributed by atoms with E-state index in [2.05, 4.69) is 4.72 Å². The van der Waals surface area contributed by atoms with Gasteiger partial charge in [-0.3, -0.25) is 14.5 Å². The first-order valence-electron chi connectivity index (χ1n) is 5.89. The Bertz CT molecular complexity index is 589. The minimum atomic E-state index is -3.45. The van der Waals surface area contributed by atoms with Crippen molar-refractivity contribution in [3.05, 3.63) is 35.4 Å². The summed E-state index contributed by atoms with van der Waals surface area (Å²) in [7, 11) is -3.45. The molecule has 1 aliphatic heterocycles. The molecule has 1 N–H and O–H groups in total. The van der Waals surface area contributed by atoms with E-state index in [4.69, 9.17) is 0 Å². The van der Waals surface area contributed by atoms with Gasteiger partial charge in [-0.1, -0.05) is 19.1 Å². The second kappa shape index (κ2) is 5.10. The van der Waals surface area contributed by atoms with Crippen molar-refractivity contribution in [1.82, 2.24) is 9.62 Å². The number of rotatable bonds is 5. The van der Waals surface area contributed by atoms with Gasteiger partial charge >= 0.3 is 0 Å². The Morgan fingerprint density at radius 3 is 2.11 bits per heavy atom.